The normalized spacial score (nSPS) is 13.8. The fraction of sp³-hybridized carbons (Fsp3) is 0.316. The van der Waals surface area contributed by atoms with Gasteiger partial charge in [0, 0.05) is 12.0 Å². The number of rotatable bonds is 3. The molecule has 0 radical (unpaired) electrons. The molecule has 0 saturated heterocycles. The maximum atomic E-state index is 11.7. The number of fused-ring (bicyclic) bond motifs is 1. The molecular formula is C19H20O. The smallest absolute Gasteiger partial charge is 0.163 e. The van der Waals surface area contributed by atoms with Crippen molar-refractivity contribution < 1.29 is 4.79 Å². The van der Waals surface area contributed by atoms with Gasteiger partial charge < -0.3 is 0 Å². The topological polar surface area (TPSA) is 17.1 Å². The van der Waals surface area contributed by atoms with Gasteiger partial charge in [-0.25, -0.2) is 0 Å². The van der Waals surface area contributed by atoms with Crippen LogP contribution in [0.5, 0.6) is 0 Å². The molecule has 0 spiro atoms. The average Bonchev–Trinajstić information content (AvgIpc) is 2.79. The first kappa shape index (κ1) is 13.1. The van der Waals surface area contributed by atoms with Crippen molar-refractivity contribution in [2.24, 2.45) is 5.92 Å². The van der Waals surface area contributed by atoms with Gasteiger partial charge in [-0.3, -0.25) is 4.79 Å². The lowest BCUT2D eigenvalue weighted by atomic mass is 9.96. The summed E-state index contributed by atoms with van der Waals surface area (Å²) in [6, 6.07) is 15.0. The first-order chi connectivity index (χ1) is 9.63. The fourth-order valence-electron chi connectivity index (χ4n) is 2.98. The minimum Gasteiger partial charge on any atom is -0.294 e. The molecule has 1 heteroatoms. The van der Waals surface area contributed by atoms with E-state index in [-0.39, 0.29) is 0 Å². The molecule has 20 heavy (non-hydrogen) atoms. The zero-order chi connectivity index (χ0) is 14.1. The molecule has 0 atom stereocenters. The van der Waals surface area contributed by atoms with Crippen molar-refractivity contribution in [2.75, 3.05) is 0 Å². The number of aryl methyl sites for hydroxylation is 1. The molecule has 0 heterocycles. The van der Waals surface area contributed by atoms with Gasteiger partial charge in [0.05, 0.1) is 0 Å². The van der Waals surface area contributed by atoms with E-state index in [1.807, 2.05) is 6.07 Å². The van der Waals surface area contributed by atoms with Gasteiger partial charge in [0.2, 0.25) is 0 Å². The van der Waals surface area contributed by atoms with E-state index in [2.05, 4.69) is 50.2 Å². The van der Waals surface area contributed by atoms with Gasteiger partial charge in [-0.1, -0.05) is 56.3 Å². The maximum absolute atomic E-state index is 11.7. The van der Waals surface area contributed by atoms with Crippen LogP contribution in [0.4, 0.5) is 0 Å². The van der Waals surface area contributed by atoms with Gasteiger partial charge in [-0.05, 0) is 41.0 Å². The first-order valence-corrected chi connectivity index (χ1v) is 7.39. The molecule has 0 fully saturated rings. The zero-order valence-corrected chi connectivity index (χ0v) is 12.1. The van der Waals surface area contributed by atoms with Crippen LogP contribution in [0.2, 0.25) is 0 Å². The summed E-state index contributed by atoms with van der Waals surface area (Å²) in [5.41, 5.74) is 6.00. The third-order valence-electron chi connectivity index (χ3n) is 3.93. The molecule has 1 aliphatic carbocycles. The third-order valence-corrected chi connectivity index (χ3v) is 3.93. The molecule has 1 nitrogen and oxygen atoms in total. The predicted octanol–water partition coefficient (Wildman–Crippen LogP) is 4.68. The molecule has 0 amide bonds. The van der Waals surface area contributed by atoms with Crippen molar-refractivity contribution in [2.45, 2.75) is 33.1 Å². The molecule has 0 aliphatic heterocycles. The zero-order valence-electron chi connectivity index (χ0n) is 12.1. The van der Waals surface area contributed by atoms with Gasteiger partial charge in [-0.15, -0.1) is 0 Å². The fourth-order valence-corrected chi connectivity index (χ4v) is 2.98. The molecule has 0 N–H and O–H groups in total. The summed E-state index contributed by atoms with van der Waals surface area (Å²) in [5, 5.41) is 0. The molecule has 102 valence electrons. The van der Waals surface area contributed by atoms with E-state index >= 15 is 0 Å². The number of carbonyl (C=O) groups excluding carboxylic acids is 1. The van der Waals surface area contributed by atoms with Crippen LogP contribution in [-0.2, 0) is 12.8 Å². The number of hydrogen-bond donors (Lipinski definition) is 0. The van der Waals surface area contributed by atoms with Crippen molar-refractivity contribution in [1.29, 1.82) is 0 Å². The van der Waals surface area contributed by atoms with E-state index in [1.54, 1.807) is 0 Å². The molecule has 2 aromatic rings. The van der Waals surface area contributed by atoms with Gasteiger partial charge in [0.1, 0.15) is 0 Å². The Hall–Kier alpha value is -1.89. The Morgan fingerprint density at radius 3 is 2.60 bits per heavy atom. The Morgan fingerprint density at radius 1 is 1.00 bits per heavy atom. The molecule has 1 aliphatic rings. The van der Waals surface area contributed by atoms with Gasteiger partial charge in [0.25, 0.3) is 0 Å². The Kier molecular flexibility index (Phi) is 3.43. The second-order valence-corrected chi connectivity index (χ2v) is 6.09. The van der Waals surface area contributed by atoms with Crippen LogP contribution in [-0.4, -0.2) is 5.78 Å². The summed E-state index contributed by atoms with van der Waals surface area (Å²) in [7, 11) is 0. The van der Waals surface area contributed by atoms with E-state index in [0.29, 0.717) is 18.1 Å². The Balaban J connectivity index is 1.95. The molecular weight excluding hydrogens is 244 g/mol. The SMILES string of the molecule is CC(C)Cc1cccc(-c2ccc3c(c2)CCC3=O)c1. The summed E-state index contributed by atoms with van der Waals surface area (Å²) < 4.78 is 0. The highest BCUT2D eigenvalue weighted by atomic mass is 16.1. The molecule has 3 rings (SSSR count). The van der Waals surface area contributed by atoms with E-state index in [4.69, 9.17) is 0 Å². The molecule has 0 aromatic heterocycles. The standard InChI is InChI=1S/C19H20O/c1-13(2)10-14-4-3-5-15(11-14)16-6-8-18-17(12-16)7-9-19(18)20/h3-6,8,11-13H,7,9-10H2,1-2H3. The van der Waals surface area contributed by atoms with Crippen LogP contribution >= 0.6 is 0 Å². The minimum absolute atomic E-state index is 0.292. The number of hydrogen-bond acceptors (Lipinski definition) is 1. The third kappa shape index (κ3) is 2.53. The van der Waals surface area contributed by atoms with E-state index in [9.17, 15) is 4.79 Å². The lowest BCUT2D eigenvalue weighted by Gasteiger charge is -2.09. The first-order valence-electron chi connectivity index (χ1n) is 7.39. The van der Waals surface area contributed by atoms with Crippen molar-refractivity contribution in [3.05, 3.63) is 59.2 Å². The van der Waals surface area contributed by atoms with Crippen molar-refractivity contribution in [1.82, 2.24) is 0 Å². The monoisotopic (exact) mass is 264 g/mol. The Bertz CT molecular complexity index is 653. The lowest BCUT2D eigenvalue weighted by Crippen LogP contribution is -1.94. The Labute approximate surface area is 120 Å². The molecule has 2 aromatic carbocycles. The second kappa shape index (κ2) is 5.24. The van der Waals surface area contributed by atoms with Crippen LogP contribution in [0, 0.1) is 5.92 Å². The van der Waals surface area contributed by atoms with E-state index < -0.39 is 0 Å². The highest BCUT2D eigenvalue weighted by Crippen LogP contribution is 2.28. The lowest BCUT2D eigenvalue weighted by molar-refractivity contribution is 0.0994. The summed E-state index contributed by atoms with van der Waals surface area (Å²) in [5.74, 6) is 0.961. The van der Waals surface area contributed by atoms with Gasteiger partial charge >= 0.3 is 0 Å². The molecule has 0 unspecified atom stereocenters. The van der Waals surface area contributed by atoms with Crippen LogP contribution in [0.1, 0.15) is 41.8 Å². The summed E-state index contributed by atoms with van der Waals surface area (Å²) >= 11 is 0. The van der Waals surface area contributed by atoms with Crippen molar-refractivity contribution in [3.8, 4) is 11.1 Å². The Morgan fingerprint density at radius 2 is 1.80 bits per heavy atom. The minimum atomic E-state index is 0.292. The van der Waals surface area contributed by atoms with Crippen LogP contribution < -0.4 is 0 Å². The number of ketones is 1. The quantitative estimate of drug-likeness (QED) is 0.786. The number of carbonyl (C=O) groups is 1. The highest BCUT2D eigenvalue weighted by molar-refractivity contribution is 6.00. The van der Waals surface area contributed by atoms with Crippen LogP contribution in [0.3, 0.4) is 0 Å². The van der Waals surface area contributed by atoms with Crippen LogP contribution in [0.15, 0.2) is 42.5 Å². The second-order valence-electron chi connectivity index (χ2n) is 6.09. The largest absolute Gasteiger partial charge is 0.294 e. The van der Waals surface area contributed by atoms with Crippen molar-refractivity contribution in [3.63, 3.8) is 0 Å². The van der Waals surface area contributed by atoms with Crippen molar-refractivity contribution >= 4 is 5.78 Å². The molecule has 0 bridgehead atoms. The highest BCUT2D eigenvalue weighted by Gasteiger charge is 2.19. The molecule has 0 saturated carbocycles. The summed E-state index contributed by atoms with van der Waals surface area (Å²) in [4.78, 5) is 11.7. The number of benzene rings is 2. The average molecular weight is 264 g/mol. The maximum Gasteiger partial charge on any atom is 0.163 e. The van der Waals surface area contributed by atoms with Gasteiger partial charge in [-0.2, -0.15) is 0 Å². The summed E-state index contributed by atoms with van der Waals surface area (Å²) in [6.45, 7) is 4.49. The predicted molar refractivity (Wildman–Crippen MR) is 83.1 cm³/mol. The van der Waals surface area contributed by atoms with Crippen LogP contribution in [0.25, 0.3) is 11.1 Å². The summed E-state index contributed by atoms with van der Waals surface area (Å²) in [6.07, 6.45) is 2.68. The van der Waals surface area contributed by atoms with E-state index in [1.165, 1.54) is 22.3 Å². The van der Waals surface area contributed by atoms with Gasteiger partial charge in [0.15, 0.2) is 5.78 Å². The number of Topliss-reactive ketones (excluding diaryl/α,β-unsaturated/α-hetero) is 1. The van der Waals surface area contributed by atoms with E-state index in [0.717, 1.165) is 18.4 Å².